The fourth-order valence-corrected chi connectivity index (χ4v) is 3.71. The summed E-state index contributed by atoms with van der Waals surface area (Å²) in [7, 11) is 0. The Morgan fingerprint density at radius 3 is 2.43 bits per heavy atom. The highest BCUT2D eigenvalue weighted by Crippen LogP contribution is 2.38. The van der Waals surface area contributed by atoms with Gasteiger partial charge in [-0.25, -0.2) is 0 Å². The highest BCUT2D eigenvalue weighted by Gasteiger charge is 2.22. The van der Waals surface area contributed by atoms with Crippen molar-refractivity contribution in [3.05, 3.63) is 95.6 Å². The monoisotopic (exact) mass is 370 g/mol. The van der Waals surface area contributed by atoms with Crippen molar-refractivity contribution in [1.29, 1.82) is 0 Å². The van der Waals surface area contributed by atoms with Crippen LogP contribution in [0, 0.1) is 5.92 Å². The predicted molar refractivity (Wildman–Crippen MR) is 115 cm³/mol. The zero-order valence-electron chi connectivity index (χ0n) is 16.5. The van der Waals surface area contributed by atoms with Crippen LogP contribution in [0.5, 0.6) is 5.75 Å². The van der Waals surface area contributed by atoms with Crippen LogP contribution in [-0.2, 0) is 17.8 Å². The minimum absolute atomic E-state index is 0.244. The molecule has 3 aromatic carbocycles. The van der Waals surface area contributed by atoms with Crippen LogP contribution in [-0.4, -0.2) is 6.29 Å². The first-order valence-electron chi connectivity index (χ1n) is 9.85. The maximum Gasteiger partial charge on any atom is 0.202 e. The zero-order chi connectivity index (χ0) is 19.5. The maximum atomic E-state index is 6.23. The Morgan fingerprint density at radius 2 is 1.68 bits per heavy atom. The lowest BCUT2D eigenvalue weighted by atomic mass is 10.0. The lowest BCUT2D eigenvalue weighted by molar-refractivity contribution is -0.116. The molecule has 0 heterocycles. The van der Waals surface area contributed by atoms with Crippen LogP contribution in [0.3, 0.4) is 0 Å². The van der Waals surface area contributed by atoms with Gasteiger partial charge in [0.2, 0.25) is 6.29 Å². The van der Waals surface area contributed by atoms with E-state index in [0.717, 1.165) is 17.7 Å². The number of hydrogen-bond acceptors (Lipinski definition) is 2. The molecule has 0 spiro atoms. The second-order valence-electron chi connectivity index (χ2n) is 7.59. The maximum absolute atomic E-state index is 6.23. The zero-order valence-corrected chi connectivity index (χ0v) is 16.5. The van der Waals surface area contributed by atoms with E-state index in [4.69, 9.17) is 9.47 Å². The van der Waals surface area contributed by atoms with Gasteiger partial charge in [-0.05, 0) is 51.9 Å². The molecular weight excluding hydrogens is 344 g/mol. The molecule has 142 valence electrons. The molecule has 0 radical (unpaired) electrons. The Hall–Kier alpha value is -2.84. The molecule has 1 aliphatic carbocycles. The second kappa shape index (κ2) is 8.04. The number of rotatable bonds is 7. The second-order valence-corrected chi connectivity index (χ2v) is 7.59. The lowest BCUT2D eigenvalue weighted by Crippen LogP contribution is -2.26. The fraction of sp³-hybridized carbons (Fsp3) is 0.231. The molecule has 0 saturated heterocycles. The van der Waals surface area contributed by atoms with Crippen molar-refractivity contribution in [3.63, 3.8) is 0 Å². The van der Waals surface area contributed by atoms with Crippen molar-refractivity contribution in [2.45, 2.75) is 33.2 Å². The normalized spacial score (nSPS) is 13.1. The first kappa shape index (κ1) is 18.5. The van der Waals surface area contributed by atoms with E-state index in [0.29, 0.717) is 6.61 Å². The number of fused-ring (bicyclic) bond motifs is 3. The predicted octanol–water partition coefficient (Wildman–Crippen LogP) is 6.48. The molecule has 1 unspecified atom stereocenters. The number of ether oxygens (including phenoxy) is 2. The van der Waals surface area contributed by atoms with E-state index in [1.807, 2.05) is 30.3 Å². The summed E-state index contributed by atoms with van der Waals surface area (Å²) in [6.07, 6.45) is 2.50. The molecular formula is C26H26O2. The summed E-state index contributed by atoms with van der Waals surface area (Å²) in [5.74, 6) is 1.06. The quantitative estimate of drug-likeness (QED) is 0.347. The van der Waals surface area contributed by atoms with E-state index >= 15 is 0 Å². The van der Waals surface area contributed by atoms with Gasteiger partial charge in [-0.1, -0.05) is 81.1 Å². The van der Waals surface area contributed by atoms with Crippen LogP contribution in [0.2, 0.25) is 0 Å². The average molecular weight is 370 g/mol. The molecule has 0 bridgehead atoms. The van der Waals surface area contributed by atoms with Crippen LogP contribution >= 0.6 is 0 Å². The molecule has 1 atom stereocenters. The third-order valence-corrected chi connectivity index (χ3v) is 5.26. The Bertz CT molecular complexity index is 970. The summed E-state index contributed by atoms with van der Waals surface area (Å²) in [6.45, 7) is 8.58. The van der Waals surface area contributed by atoms with Gasteiger partial charge in [0.05, 0.1) is 6.61 Å². The summed E-state index contributed by atoms with van der Waals surface area (Å²) in [6, 6.07) is 23.1. The third-order valence-electron chi connectivity index (χ3n) is 5.26. The molecule has 1 aliphatic rings. The molecule has 0 amide bonds. The molecule has 0 N–H and O–H groups in total. The highest BCUT2D eigenvalue weighted by molar-refractivity contribution is 5.77. The van der Waals surface area contributed by atoms with Crippen LogP contribution in [0.15, 0.2) is 73.3 Å². The van der Waals surface area contributed by atoms with Crippen molar-refractivity contribution in [2.24, 2.45) is 5.92 Å². The summed E-state index contributed by atoms with van der Waals surface area (Å²) in [5.41, 5.74) is 7.77. The molecule has 28 heavy (non-hydrogen) atoms. The van der Waals surface area contributed by atoms with Gasteiger partial charge >= 0.3 is 0 Å². The summed E-state index contributed by atoms with van der Waals surface area (Å²) in [4.78, 5) is 0. The van der Waals surface area contributed by atoms with Gasteiger partial charge in [0.15, 0.2) is 0 Å². The van der Waals surface area contributed by atoms with E-state index in [1.165, 1.54) is 27.8 Å². The first-order valence-corrected chi connectivity index (χ1v) is 9.85. The summed E-state index contributed by atoms with van der Waals surface area (Å²) >= 11 is 0. The van der Waals surface area contributed by atoms with Gasteiger partial charge in [-0.2, -0.15) is 0 Å². The molecule has 0 fully saturated rings. The van der Waals surface area contributed by atoms with Crippen molar-refractivity contribution in [3.8, 4) is 16.9 Å². The van der Waals surface area contributed by atoms with Crippen molar-refractivity contribution < 1.29 is 9.47 Å². The van der Waals surface area contributed by atoms with Crippen LogP contribution in [0.25, 0.3) is 17.2 Å². The molecule has 4 rings (SSSR count). The minimum Gasteiger partial charge on any atom is -0.465 e. The van der Waals surface area contributed by atoms with Gasteiger partial charge in [0.25, 0.3) is 0 Å². The van der Waals surface area contributed by atoms with Crippen molar-refractivity contribution in [1.82, 2.24) is 0 Å². The Balaban J connectivity index is 1.49. The van der Waals surface area contributed by atoms with Gasteiger partial charge in [-0.15, -0.1) is 0 Å². The third kappa shape index (κ3) is 3.74. The van der Waals surface area contributed by atoms with Crippen LogP contribution in [0.1, 0.15) is 36.1 Å². The van der Waals surface area contributed by atoms with Gasteiger partial charge in [0, 0.05) is 5.92 Å². The molecule has 2 nitrogen and oxygen atoms in total. The van der Waals surface area contributed by atoms with Crippen LogP contribution < -0.4 is 4.74 Å². The standard InChI is InChI=1S/C26H26O2/c1-4-19-12-14-22(15-13-19)28-26(18(2)3)27-17-21-9-7-11-24-23-10-6-5-8-20(23)16-25(21)24/h4-15,18,26H,1,16-17H2,2-3H3. The summed E-state index contributed by atoms with van der Waals surface area (Å²) < 4.78 is 12.4. The molecule has 0 aliphatic heterocycles. The van der Waals surface area contributed by atoms with Crippen molar-refractivity contribution in [2.75, 3.05) is 0 Å². The molecule has 0 aromatic heterocycles. The van der Waals surface area contributed by atoms with Gasteiger partial charge in [0.1, 0.15) is 5.75 Å². The summed E-state index contributed by atoms with van der Waals surface area (Å²) in [5, 5.41) is 0. The van der Waals surface area contributed by atoms with E-state index in [-0.39, 0.29) is 12.2 Å². The topological polar surface area (TPSA) is 18.5 Å². The van der Waals surface area contributed by atoms with Gasteiger partial charge in [-0.3, -0.25) is 0 Å². The Kier molecular flexibility index (Phi) is 5.31. The number of benzene rings is 3. The van der Waals surface area contributed by atoms with E-state index in [2.05, 4.69) is 62.9 Å². The van der Waals surface area contributed by atoms with Gasteiger partial charge < -0.3 is 9.47 Å². The van der Waals surface area contributed by atoms with Crippen molar-refractivity contribution >= 4 is 6.08 Å². The van der Waals surface area contributed by atoms with E-state index < -0.39 is 0 Å². The molecule has 3 aromatic rings. The first-order chi connectivity index (χ1) is 13.7. The SMILES string of the molecule is C=Cc1ccc(OC(OCc2cccc3c2Cc2ccccc2-3)C(C)C)cc1. The van der Waals surface area contributed by atoms with E-state index in [1.54, 1.807) is 0 Å². The molecule has 2 heteroatoms. The minimum atomic E-state index is -0.297. The average Bonchev–Trinajstić information content (AvgIpc) is 3.11. The van der Waals surface area contributed by atoms with Crippen LogP contribution in [0.4, 0.5) is 0 Å². The largest absolute Gasteiger partial charge is 0.465 e. The van der Waals surface area contributed by atoms with E-state index in [9.17, 15) is 0 Å². The fourth-order valence-electron chi connectivity index (χ4n) is 3.71. The Labute approximate surface area is 167 Å². The molecule has 0 saturated carbocycles. The Morgan fingerprint density at radius 1 is 0.929 bits per heavy atom. The lowest BCUT2D eigenvalue weighted by Gasteiger charge is -2.23. The number of hydrogen-bond donors (Lipinski definition) is 0. The smallest absolute Gasteiger partial charge is 0.202 e. The highest BCUT2D eigenvalue weighted by atomic mass is 16.7.